The summed E-state index contributed by atoms with van der Waals surface area (Å²) in [6.07, 6.45) is -3.50. The van der Waals surface area contributed by atoms with Crippen LogP contribution in [0.25, 0.3) is 6.08 Å². The van der Waals surface area contributed by atoms with Crippen LogP contribution < -0.4 is 24.4 Å². The summed E-state index contributed by atoms with van der Waals surface area (Å²) in [6, 6.07) is 18.9. The number of para-hydroxylation sites is 1. The van der Waals surface area contributed by atoms with Crippen LogP contribution in [-0.2, 0) is 16.1 Å². The number of ether oxygens (including phenoxy) is 3. The van der Waals surface area contributed by atoms with Gasteiger partial charge < -0.3 is 14.2 Å². The molecule has 0 saturated heterocycles. The van der Waals surface area contributed by atoms with Crippen LogP contribution in [0.3, 0.4) is 0 Å². The molecule has 0 radical (unpaired) electrons. The highest BCUT2D eigenvalue weighted by Gasteiger charge is 2.45. The molecule has 0 N–H and O–H groups in total. The second-order valence-corrected chi connectivity index (χ2v) is 10.7. The van der Waals surface area contributed by atoms with E-state index in [0.717, 1.165) is 21.5 Å². The Morgan fingerprint density at radius 2 is 1.79 bits per heavy atom. The van der Waals surface area contributed by atoms with Crippen LogP contribution in [0.4, 0.5) is 13.2 Å². The molecule has 1 aliphatic rings. The smallest absolute Gasteiger partial charge is 0.434 e. The molecule has 1 atom stereocenters. The van der Waals surface area contributed by atoms with Crippen LogP contribution in [0.5, 0.6) is 11.5 Å². The zero-order valence-electron chi connectivity index (χ0n) is 22.9. The number of fused-ring (bicyclic) bond motifs is 1. The molecular weight excluding hydrogens is 605 g/mol. The van der Waals surface area contributed by atoms with E-state index in [-0.39, 0.29) is 28.1 Å². The number of benzene rings is 3. The van der Waals surface area contributed by atoms with Gasteiger partial charge in [-0.25, -0.2) is 9.79 Å². The molecule has 0 saturated carbocycles. The number of alkyl halides is 3. The second-order valence-electron chi connectivity index (χ2n) is 9.27. The Labute approximate surface area is 252 Å². The van der Waals surface area contributed by atoms with E-state index in [1.165, 1.54) is 44.4 Å². The maximum absolute atomic E-state index is 14.4. The Kier molecular flexibility index (Phi) is 8.74. The Hall–Kier alpha value is -4.35. The molecule has 1 aliphatic heterocycles. The fourth-order valence-electron chi connectivity index (χ4n) is 4.63. The molecule has 0 aliphatic carbocycles. The van der Waals surface area contributed by atoms with Crippen LogP contribution in [0.15, 0.2) is 93.9 Å². The van der Waals surface area contributed by atoms with Crippen molar-refractivity contribution in [1.29, 1.82) is 0 Å². The fourth-order valence-corrected chi connectivity index (χ4v) is 5.75. The van der Waals surface area contributed by atoms with Gasteiger partial charge in [0, 0.05) is 10.6 Å². The monoisotopic (exact) mass is 628 g/mol. The quantitative estimate of drug-likeness (QED) is 0.238. The van der Waals surface area contributed by atoms with Crippen molar-refractivity contribution in [3.63, 3.8) is 0 Å². The highest BCUT2D eigenvalue weighted by atomic mass is 35.5. The highest BCUT2D eigenvalue weighted by Crippen LogP contribution is 2.38. The Morgan fingerprint density at radius 3 is 2.44 bits per heavy atom. The van der Waals surface area contributed by atoms with Crippen molar-refractivity contribution in [3.8, 4) is 11.5 Å². The number of hydrogen-bond acceptors (Lipinski definition) is 7. The first kappa shape index (κ1) is 30.1. The summed E-state index contributed by atoms with van der Waals surface area (Å²) in [5, 5.41) is 0.329. The number of methoxy groups -OCH3 is 1. The summed E-state index contributed by atoms with van der Waals surface area (Å²) >= 11 is 6.80. The van der Waals surface area contributed by atoms with E-state index in [1.807, 2.05) is 30.3 Å². The maximum Gasteiger partial charge on any atom is 0.434 e. The molecule has 7 nitrogen and oxygen atoms in total. The van der Waals surface area contributed by atoms with Crippen molar-refractivity contribution >= 4 is 35.0 Å². The van der Waals surface area contributed by atoms with E-state index in [2.05, 4.69) is 4.99 Å². The van der Waals surface area contributed by atoms with Gasteiger partial charge in [0.15, 0.2) is 22.0 Å². The van der Waals surface area contributed by atoms with Crippen LogP contribution in [0.1, 0.15) is 29.7 Å². The number of halogens is 4. The maximum atomic E-state index is 14.4. The van der Waals surface area contributed by atoms with Gasteiger partial charge in [0.25, 0.3) is 5.56 Å². The Bertz CT molecular complexity index is 1870. The molecule has 222 valence electrons. The van der Waals surface area contributed by atoms with E-state index in [1.54, 1.807) is 18.2 Å². The number of aromatic nitrogens is 1. The molecule has 43 heavy (non-hydrogen) atoms. The average Bonchev–Trinajstić information content (AvgIpc) is 3.30. The topological polar surface area (TPSA) is 79.1 Å². The van der Waals surface area contributed by atoms with Gasteiger partial charge in [-0.2, -0.15) is 13.2 Å². The SMILES string of the molecule is CCOC(=O)C1=C(C(F)(F)F)N=c2s/c(=C\c3cccc(OC)c3OCc3ccccc3)c(=O)n2[C@@H]1c1ccc(Cl)cc1. The van der Waals surface area contributed by atoms with E-state index in [0.29, 0.717) is 22.1 Å². The molecule has 2 heterocycles. The molecule has 0 spiro atoms. The number of carbonyl (C=O) groups is 1. The van der Waals surface area contributed by atoms with Gasteiger partial charge >= 0.3 is 12.1 Å². The van der Waals surface area contributed by atoms with Crippen molar-refractivity contribution in [2.24, 2.45) is 4.99 Å². The van der Waals surface area contributed by atoms with E-state index < -0.39 is 35.0 Å². The predicted octanol–water partition coefficient (Wildman–Crippen LogP) is 5.58. The van der Waals surface area contributed by atoms with Gasteiger partial charge in [-0.05, 0) is 42.3 Å². The number of esters is 1. The Morgan fingerprint density at radius 1 is 1.07 bits per heavy atom. The summed E-state index contributed by atoms with van der Waals surface area (Å²) in [6.45, 7) is 1.51. The molecule has 4 aromatic rings. The van der Waals surface area contributed by atoms with Crippen LogP contribution in [0, 0.1) is 0 Å². The zero-order valence-corrected chi connectivity index (χ0v) is 24.4. The average molecular weight is 629 g/mol. The summed E-state index contributed by atoms with van der Waals surface area (Å²) in [5.74, 6) is -0.477. The van der Waals surface area contributed by atoms with Gasteiger partial charge in [0.05, 0.1) is 29.9 Å². The molecule has 0 unspecified atom stereocenters. The summed E-state index contributed by atoms with van der Waals surface area (Å²) in [7, 11) is 1.48. The molecule has 5 rings (SSSR count). The van der Waals surface area contributed by atoms with Gasteiger partial charge in [0.1, 0.15) is 6.61 Å². The van der Waals surface area contributed by atoms with Gasteiger partial charge in [0.2, 0.25) is 0 Å². The van der Waals surface area contributed by atoms with Crippen molar-refractivity contribution in [3.05, 3.63) is 125 Å². The number of allylic oxidation sites excluding steroid dienone is 1. The predicted molar refractivity (Wildman–Crippen MR) is 156 cm³/mol. The van der Waals surface area contributed by atoms with Crippen molar-refractivity contribution in [1.82, 2.24) is 4.57 Å². The molecule has 0 fully saturated rings. The number of nitrogens with zero attached hydrogens (tertiary/aromatic N) is 2. The van der Waals surface area contributed by atoms with Crippen LogP contribution >= 0.6 is 22.9 Å². The normalized spacial score (nSPS) is 15.1. The highest BCUT2D eigenvalue weighted by molar-refractivity contribution is 7.07. The summed E-state index contributed by atoms with van der Waals surface area (Å²) in [5.41, 5.74) is -1.28. The first-order valence-corrected chi connectivity index (χ1v) is 14.2. The lowest BCUT2D eigenvalue weighted by atomic mass is 9.95. The third-order valence-corrected chi connectivity index (χ3v) is 7.76. The van der Waals surface area contributed by atoms with Gasteiger partial charge in [-0.1, -0.05) is 77.5 Å². The first-order valence-electron chi connectivity index (χ1n) is 13.0. The standard InChI is InChI=1S/C31H24ClF3N2O5S/c1-3-41-29(39)24-25(19-12-14-21(32)15-13-19)37-28(38)23(43-30(37)36-27(24)31(33,34)35)16-20-10-7-11-22(40-2)26(20)42-17-18-8-5-4-6-9-18/h4-16,25H,3,17H2,1-2H3/b23-16-/t25-/m1/s1. The first-order chi connectivity index (χ1) is 20.6. The lowest BCUT2D eigenvalue weighted by Gasteiger charge is -2.26. The molecule has 1 aromatic heterocycles. The van der Waals surface area contributed by atoms with Gasteiger partial charge in [-0.15, -0.1) is 0 Å². The summed E-state index contributed by atoms with van der Waals surface area (Å²) < 4.78 is 60.8. The minimum absolute atomic E-state index is 0.0714. The van der Waals surface area contributed by atoms with Crippen molar-refractivity contribution < 1.29 is 32.2 Å². The third kappa shape index (κ3) is 6.23. The van der Waals surface area contributed by atoms with Crippen molar-refractivity contribution in [2.45, 2.75) is 25.7 Å². The summed E-state index contributed by atoms with van der Waals surface area (Å²) in [4.78, 5) is 30.5. The zero-order chi connectivity index (χ0) is 30.7. The lowest BCUT2D eigenvalue weighted by Crippen LogP contribution is -2.41. The Balaban J connectivity index is 1.71. The number of carbonyl (C=O) groups excluding carboxylic acids is 1. The van der Waals surface area contributed by atoms with Crippen molar-refractivity contribution in [2.75, 3.05) is 13.7 Å². The van der Waals surface area contributed by atoms with E-state index in [9.17, 15) is 22.8 Å². The van der Waals surface area contributed by atoms with Gasteiger partial charge in [-0.3, -0.25) is 9.36 Å². The minimum atomic E-state index is -5.01. The number of rotatable bonds is 8. The fraction of sp³-hybridized carbons (Fsp3) is 0.194. The van der Waals surface area contributed by atoms with E-state index >= 15 is 0 Å². The molecule has 3 aromatic carbocycles. The third-order valence-electron chi connectivity index (χ3n) is 6.52. The molecule has 0 amide bonds. The van der Waals surface area contributed by atoms with Crippen LogP contribution in [-0.4, -0.2) is 30.4 Å². The largest absolute Gasteiger partial charge is 0.493 e. The van der Waals surface area contributed by atoms with Crippen LogP contribution in [0.2, 0.25) is 5.02 Å². The molecule has 0 bridgehead atoms. The second kappa shape index (κ2) is 12.5. The minimum Gasteiger partial charge on any atom is -0.493 e. The molecule has 12 heteroatoms. The number of thiazole rings is 1. The lowest BCUT2D eigenvalue weighted by molar-refractivity contribution is -0.140. The van der Waals surface area contributed by atoms with E-state index in [4.69, 9.17) is 25.8 Å². The molecular formula is C31H24ClF3N2O5S. The number of hydrogen-bond donors (Lipinski definition) is 0.